The fourth-order valence-corrected chi connectivity index (χ4v) is 5.48. The highest BCUT2D eigenvalue weighted by molar-refractivity contribution is 7.89. The molecule has 1 N–H and O–H groups in total. The fraction of sp³-hybridized carbons (Fsp3) is 0.381. The molecule has 7 heteroatoms. The van der Waals surface area contributed by atoms with E-state index in [1.54, 1.807) is 30.3 Å². The van der Waals surface area contributed by atoms with Crippen LogP contribution in [0.15, 0.2) is 59.5 Å². The van der Waals surface area contributed by atoms with Crippen molar-refractivity contribution in [3.05, 3.63) is 65.7 Å². The Morgan fingerprint density at radius 3 is 2.25 bits per heavy atom. The monoisotopic (exact) mass is 400 g/mol. The molecule has 1 saturated heterocycles. The number of piperazine rings is 1. The first-order valence-corrected chi connectivity index (χ1v) is 11.2. The van der Waals surface area contributed by atoms with Crippen molar-refractivity contribution in [1.29, 1.82) is 0 Å². The molecule has 1 atom stereocenters. The average Bonchev–Trinajstić information content (AvgIpc) is 2.74. The zero-order chi connectivity index (χ0) is 19.6. The van der Waals surface area contributed by atoms with Crippen molar-refractivity contribution in [1.82, 2.24) is 9.21 Å². The molecule has 148 valence electrons. The molecule has 28 heavy (non-hydrogen) atoms. The number of nitrogens with one attached hydrogen (secondary N) is 1. The maximum Gasteiger partial charge on any atom is 0.277 e. The van der Waals surface area contributed by atoms with Gasteiger partial charge >= 0.3 is 0 Å². The fourth-order valence-electron chi connectivity index (χ4n) is 4.04. The molecule has 4 rings (SSSR count). The van der Waals surface area contributed by atoms with Gasteiger partial charge in [0.1, 0.15) is 6.54 Å². The van der Waals surface area contributed by atoms with Gasteiger partial charge in [0.15, 0.2) is 6.54 Å². The lowest BCUT2D eigenvalue weighted by Gasteiger charge is -2.35. The van der Waals surface area contributed by atoms with Crippen molar-refractivity contribution < 1.29 is 18.1 Å². The molecule has 6 nitrogen and oxygen atoms in total. The number of fused-ring (bicyclic) bond motifs is 1. The summed E-state index contributed by atoms with van der Waals surface area (Å²) in [6.45, 7) is 3.92. The van der Waals surface area contributed by atoms with E-state index in [1.807, 2.05) is 4.90 Å². The molecular formula is C21H26N3O3S+. The number of carbonyl (C=O) groups is 1. The Morgan fingerprint density at radius 1 is 0.893 bits per heavy atom. The van der Waals surface area contributed by atoms with Gasteiger partial charge in [0.25, 0.3) is 5.91 Å². The van der Waals surface area contributed by atoms with Crippen LogP contribution >= 0.6 is 0 Å². The first kappa shape index (κ1) is 19.1. The molecule has 0 radical (unpaired) electrons. The Labute approximate surface area is 166 Å². The minimum Gasteiger partial charge on any atom is -0.335 e. The summed E-state index contributed by atoms with van der Waals surface area (Å²) in [6.07, 6.45) is 1.00. The first-order valence-electron chi connectivity index (χ1n) is 9.77. The largest absolute Gasteiger partial charge is 0.335 e. The Balaban J connectivity index is 1.32. The van der Waals surface area contributed by atoms with E-state index in [0.717, 1.165) is 19.5 Å². The molecule has 0 spiro atoms. The third-order valence-corrected chi connectivity index (χ3v) is 7.59. The number of hydrogen-bond donors (Lipinski definition) is 1. The van der Waals surface area contributed by atoms with Gasteiger partial charge in [-0.1, -0.05) is 42.5 Å². The molecule has 0 aliphatic carbocycles. The van der Waals surface area contributed by atoms with E-state index in [9.17, 15) is 13.2 Å². The lowest BCUT2D eigenvalue weighted by atomic mass is 10.00. The Kier molecular flexibility index (Phi) is 5.48. The van der Waals surface area contributed by atoms with E-state index in [0.29, 0.717) is 37.6 Å². The maximum atomic E-state index is 12.7. The molecule has 2 aromatic carbocycles. The van der Waals surface area contributed by atoms with Crippen molar-refractivity contribution in [2.45, 2.75) is 17.9 Å². The number of nitrogens with zero attached hydrogens (tertiary/aromatic N) is 2. The van der Waals surface area contributed by atoms with Gasteiger partial charge in [0.05, 0.1) is 11.4 Å². The lowest BCUT2D eigenvalue weighted by molar-refractivity contribution is -0.908. The molecule has 1 amide bonds. The van der Waals surface area contributed by atoms with Crippen molar-refractivity contribution >= 4 is 15.9 Å². The second-order valence-electron chi connectivity index (χ2n) is 7.47. The number of benzene rings is 2. The second-order valence-corrected chi connectivity index (χ2v) is 9.41. The van der Waals surface area contributed by atoms with Gasteiger partial charge in [0.2, 0.25) is 10.0 Å². The van der Waals surface area contributed by atoms with Crippen LogP contribution in [-0.4, -0.2) is 62.8 Å². The highest BCUT2D eigenvalue weighted by atomic mass is 32.2. The van der Waals surface area contributed by atoms with E-state index in [1.165, 1.54) is 20.3 Å². The molecular weight excluding hydrogens is 374 g/mol. The van der Waals surface area contributed by atoms with Crippen LogP contribution < -0.4 is 4.90 Å². The van der Waals surface area contributed by atoms with E-state index in [4.69, 9.17) is 0 Å². The summed E-state index contributed by atoms with van der Waals surface area (Å²) in [4.78, 5) is 16.1. The van der Waals surface area contributed by atoms with E-state index in [-0.39, 0.29) is 5.91 Å². The highest BCUT2D eigenvalue weighted by Crippen LogP contribution is 2.17. The number of sulfonamides is 1. The lowest BCUT2D eigenvalue weighted by Crippen LogP contribution is -3.12. The smallest absolute Gasteiger partial charge is 0.277 e. The number of rotatable bonds is 4. The van der Waals surface area contributed by atoms with Gasteiger partial charge in [-0.05, 0) is 17.7 Å². The maximum absolute atomic E-state index is 12.7. The summed E-state index contributed by atoms with van der Waals surface area (Å²) in [5, 5.41) is 0. The van der Waals surface area contributed by atoms with E-state index < -0.39 is 10.0 Å². The second kappa shape index (κ2) is 8.03. The van der Waals surface area contributed by atoms with Gasteiger partial charge in [-0.15, -0.1) is 0 Å². The van der Waals surface area contributed by atoms with Crippen molar-refractivity contribution in [2.75, 3.05) is 39.3 Å². The summed E-state index contributed by atoms with van der Waals surface area (Å²) in [5.74, 6) is 0.117. The SMILES string of the molecule is O=C(C[NH+]1CCc2ccccc2C1)N1CCN(S(=O)(=O)c2ccccc2)CC1. The summed E-state index contributed by atoms with van der Waals surface area (Å²) in [7, 11) is -3.48. The van der Waals surface area contributed by atoms with Gasteiger partial charge < -0.3 is 9.80 Å². The summed E-state index contributed by atoms with van der Waals surface area (Å²) >= 11 is 0. The van der Waals surface area contributed by atoms with Crippen molar-refractivity contribution in [3.63, 3.8) is 0 Å². The van der Waals surface area contributed by atoms with Crippen LogP contribution in [0.25, 0.3) is 0 Å². The van der Waals surface area contributed by atoms with Crippen LogP contribution in [-0.2, 0) is 27.8 Å². The Hall–Kier alpha value is -2.22. The van der Waals surface area contributed by atoms with Crippen LogP contribution in [0.2, 0.25) is 0 Å². The molecule has 1 fully saturated rings. The predicted molar refractivity (Wildman–Crippen MR) is 106 cm³/mol. The summed E-state index contributed by atoms with van der Waals surface area (Å²) in [6, 6.07) is 16.9. The molecule has 2 aliphatic rings. The highest BCUT2D eigenvalue weighted by Gasteiger charge is 2.31. The molecule has 0 saturated carbocycles. The molecule has 2 aliphatic heterocycles. The van der Waals surface area contributed by atoms with Crippen LogP contribution in [0.4, 0.5) is 0 Å². The molecule has 2 aromatic rings. The first-order chi connectivity index (χ1) is 13.5. The molecule has 2 heterocycles. The van der Waals surface area contributed by atoms with E-state index >= 15 is 0 Å². The van der Waals surface area contributed by atoms with Gasteiger partial charge in [-0.25, -0.2) is 8.42 Å². The molecule has 0 aromatic heterocycles. The van der Waals surface area contributed by atoms with Crippen molar-refractivity contribution in [2.24, 2.45) is 0 Å². The summed E-state index contributed by atoms with van der Waals surface area (Å²) < 4.78 is 26.9. The Bertz CT molecular complexity index is 938. The van der Waals surface area contributed by atoms with Crippen LogP contribution in [0.5, 0.6) is 0 Å². The average molecular weight is 401 g/mol. The quantitative estimate of drug-likeness (QED) is 0.796. The van der Waals surface area contributed by atoms with Gasteiger partial charge in [-0.3, -0.25) is 4.79 Å². The number of hydrogen-bond acceptors (Lipinski definition) is 3. The zero-order valence-electron chi connectivity index (χ0n) is 15.9. The number of amides is 1. The minimum atomic E-state index is -3.48. The molecule has 1 unspecified atom stereocenters. The number of carbonyl (C=O) groups excluding carboxylic acids is 1. The number of quaternary nitrogens is 1. The normalized spacial score (nSPS) is 20.6. The minimum absolute atomic E-state index is 0.117. The van der Waals surface area contributed by atoms with E-state index in [2.05, 4.69) is 24.3 Å². The topological polar surface area (TPSA) is 62.1 Å². The van der Waals surface area contributed by atoms with Crippen LogP contribution in [0.3, 0.4) is 0 Å². The third-order valence-electron chi connectivity index (χ3n) is 5.68. The zero-order valence-corrected chi connectivity index (χ0v) is 16.7. The third kappa shape index (κ3) is 3.97. The van der Waals surface area contributed by atoms with Crippen LogP contribution in [0, 0.1) is 0 Å². The van der Waals surface area contributed by atoms with Crippen LogP contribution in [0.1, 0.15) is 11.1 Å². The molecule has 0 bridgehead atoms. The standard InChI is InChI=1S/C21H25N3O3S/c25-21(17-22-11-10-18-6-4-5-7-19(18)16-22)23-12-14-24(15-13-23)28(26,27)20-8-2-1-3-9-20/h1-9H,10-17H2/p+1. The van der Waals surface area contributed by atoms with Gasteiger partial charge in [-0.2, -0.15) is 4.31 Å². The Morgan fingerprint density at radius 2 is 1.54 bits per heavy atom. The predicted octanol–water partition coefficient (Wildman–Crippen LogP) is 0.161. The van der Waals surface area contributed by atoms with Gasteiger partial charge in [0, 0.05) is 38.2 Å². The summed E-state index contributed by atoms with van der Waals surface area (Å²) in [5.41, 5.74) is 2.72. The van der Waals surface area contributed by atoms with Crippen molar-refractivity contribution in [3.8, 4) is 0 Å².